The Hall–Kier alpha value is -1.81. The van der Waals surface area contributed by atoms with Gasteiger partial charge in [-0.2, -0.15) is 13.2 Å². The summed E-state index contributed by atoms with van der Waals surface area (Å²) in [6.45, 7) is 0.398. The fourth-order valence-electron chi connectivity index (χ4n) is 1.91. The van der Waals surface area contributed by atoms with Gasteiger partial charge in [0.05, 0.1) is 6.42 Å². The SMILES string of the molecule is FC(F)(F)CCNCc1ccc(-c2ccccc2)cc1. The van der Waals surface area contributed by atoms with Gasteiger partial charge in [0.25, 0.3) is 0 Å². The predicted molar refractivity (Wildman–Crippen MR) is 74.3 cm³/mol. The molecule has 0 fully saturated rings. The molecule has 106 valence electrons. The van der Waals surface area contributed by atoms with Crippen LogP contribution in [-0.4, -0.2) is 12.7 Å². The first-order chi connectivity index (χ1) is 9.54. The van der Waals surface area contributed by atoms with Crippen molar-refractivity contribution >= 4 is 0 Å². The van der Waals surface area contributed by atoms with Crippen molar-refractivity contribution in [1.82, 2.24) is 5.32 Å². The fourth-order valence-corrected chi connectivity index (χ4v) is 1.91. The van der Waals surface area contributed by atoms with E-state index in [1.807, 2.05) is 54.6 Å². The molecule has 0 radical (unpaired) electrons. The lowest BCUT2D eigenvalue weighted by Gasteiger charge is -2.08. The maximum absolute atomic E-state index is 12.0. The summed E-state index contributed by atoms with van der Waals surface area (Å²) in [6.07, 6.45) is -4.89. The maximum atomic E-state index is 12.0. The van der Waals surface area contributed by atoms with Crippen molar-refractivity contribution in [3.05, 3.63) is 60.2 Å². The Bertz CT molecular complexity index is 518. The molecule has 0 atom stereocenters. The van der Waals surface area contributed by atoms with Gasteiger partial charge in [-0.3, -0.25) is 0 Å². The summed E-state index contributed by atoms with van der Waals surface area (Å²) in [6, 6.07) is 17.8. The zero-order valence-corrected chi connectivity index (χ0v) is 11.0. The molecule has 0 aromatic heterocycles. The number of alkyl halides is 3. The lowest BCUT2D eigenvalue weighted by Crippen LogP contribution is -2.21. The van der Waals surface area contributed by atoms with Gasteiger partial charge < -0.3 is 5.32 Å². The highest BCUT2D eigenvalue weighted by Crippen LogP contribution is 2.20. The van der Waals surface area contributed by atoms with Gasteiger partial charge in [-0.05, 0) is 16.7 Å². The molecule has 1 N–H and O–H groups in total. The minimum atomic E-state index is -4.09. The Labute approximate surface area is 116 Å². The Morgan fingerprint density at radius 3 is 2.00 bits per heavy atom. The van der Waals surface area contributed by atoms with Crippen LogP contribution in [0.2, 0.25) is 0 Å². The van der Waals surface area contributed by atoms with Crippen LogP contribution in [0.3, 0.4) is 0 Å². The van der Waals surface area contributed by atoms with Crippen molar-refractivity contribution in [2.45, 2.75) is 19.1 Å². The summed E-state index contributed by atoms with van der Waals surface area (Å²) in [7, 11) is 0. The van der Waals surface area contributed by atoms with E-state index in [1.54, 1.807) is 0 Å². The maximum Gasteiger partial charge on any atom is 0.390 e. The van der Waals surface area contributed by atoms with Crippen LogP contribution in [-0.2, 0) is 6.54 Å². The van der Waals surface area contributed by atoms with E-state index in [9.17, 15) is 13.2 Å². The largest absolute Gasteiger partial charge is 0.390 e. The van der Waals surface area contributed by atoms with Gasteiger partial charge in [0, 0.05) is 13.1 Å². The molecule has 0 unspecified atom stereocenters. The quantitative estimate of drug-likeness (QED) is 0.800. The lowest BCUT2D eigenvalue weighted by molar-refractivity contribution is -0.133. The molecule has 0 aliphatic heterocycles. The van der Waals surface area contributed by atoms with Crippen molar-refractivity contribution in [1.29, 1.82) is 0 Å². The molecule has 1 nitrogen and oxygen atoms in total. The minimum Gasteiger partial charge on any atom is -0.312 e. The summed E-state index contributed by atoms with van der Waals surface area (Å²) in [5.74, 6) is 0. The van der Waals surface area contributed by atoms with Crippen molar-refractivity contribution < 1.29 is 13.2 Å². The Balaban J connectivity index is 1.86. The molecule has 2 rings (SSSR count). The van der Waals surface area contributed by atoms with Crippen LogP contribution in [0.5, 0.6) is 0 Å². The number of halogens is 3. The summed E-state index contributed by atoms with van der Waals surface area (Å²) < 4.78 is 35.9. The molecule has 0 spiro atoms. The molecule has 0 saturated carbocycles. The van der Waals surface area contributed by atoms with E-state index >= 15 is 0 Å². The third kappa shape index (κ3) is 4.70. The first-order valence-electron chi connectivity index (χ1n) is 6.46. The molecule has 0 bridgehead atoms. The second-order valence-electron chi connectivity index (χ2n) is 4.60. The number of nitrogens with one attached hydrogen (secondary N) is 1. The van der Waals surface area contributed by atoms with E-state index in [-0.39, 0.29) is 6.54 Å². The summed E-state index contributed by atoms with van der Waals surface area (Å²) >= 11 is 0. The molecular weight excluding hydrogens is 263 g/mol. The van der Waals surface area contributed by atoms with Gasteiger partial charge in [0.2, 0.25) is 0 Å². The highest BCUT2D eigenvalue weighted by Gasteiger charge is 2.25. The number of hydrogen-bond acceptors (Lipinski definition) is 1. The van der Waals surface area contributed by atoms with Gasteiger partial charge in [-0.25, -0.2) is 0 Å². The van der Waals surface area contributed by atoms with Gasteiger partial charge in [0.15, 0.2) is 0 Å². The second-order valence-corrected chi connectivity index (χ2v) is 4.60. The molecule has 2 aromatic carbocycles. The van der Waals surface area contributed by atoms with Crippen molar-refractivity contribution in [2.24, 2.45) is 0 Å². The first kappa shape index (κ1) is 14.6. The molecule has 4 heteroatoms. The zero-order chi connectivity index (χ0) is 14.4. The van der Waals surface area contributed by atoms with E-state index < -0.39 is 12.6 Å². The lowest BCUT2D eigenvalue weighted by atomic mass is 10.0. The predicted octanol–water partition coefficient (Wildman–Crippen LogP) is 4.40. The smallest absolute Gasteiger partial charge is 0.312 e. The van der Waals surface area contributed by atoms with Crippen LogP contribution < -0.4 is 5.32 Å². The van der Waals surface area contributed by atoms with Crippen LogP contribution in [0.15, 0.2) is 54.6 Å². The van der Waals surface area contributed by atoms with Crippen molar-refractivity contribution in [3.8, 4) is 11.1 Å². The van der Waals surface area contributed by atoms with Crippen LogP contribution >= 0.6 is 0 Å². The topological polar surface area (TPSA) is 12.0 Å². The molecule has 0 saturated heterocycles. The highest BCUT2D eigenvalue weighted by atomic mass is 19.4. The van der Waals surface area contributed by atoms with Gasteiger partial charge in [-0.1, -0.05) is 54.6 Å². The average Bonchev–Trinajstić information content (AvgIpc) is 2.44. The van der Waals surface area contributed by atoms with Gasteiger partial charge >= 0.3 is 6.18 Å². The normalized spacial score (nSPS) is 11.6. The van der Waals surface area contributed by atoms with Crippen LogP contribution in [0.4, 0.5) is 13.2 Å². The molecule has 0 heterocycles. The molecule has 20 heavy (non-hydrogen) atoms. The number of rotatable bonds is 5. The molecule has 0 aliphatic carbocycles. The van der Waals surface area contributed by atoms with Crippen molar-refractivity contribution in [2.75, 3.05) is 6.54 Å². The standard InChI is InChI=1S/C16H16F3N/c17-16(18,19)10-11-20-12-13-6-8-15(9-7-13)14-4-2-1-3-5-14/h1-9,20H,10-12H2. The van der Waals surface area contributed by atoms with Crippen molar-refractivity contribution in [3.63, 3.8) is 0 Å². The third-order valence-corrected chi connectivity index (χ3v) is 2.98. The monoisotopic (exact) mass is 279 g/mol. The average molecular weight is 279 g/mol. The first-order valence-corrected chi connectivity index (χ1v) is 6.46. The summed E-state index contributed by atoms with van der Waals surface area (Å²) in [5, 5.41) is 2.80. The summed E-state index contributed by atoms with van der Waals surface area (Å²) in [5.41, 5.74) is 3.21. The molecule has 2 aromatic rings. The van der Waals surface area contributed by atoms with Crippen LogP contribution in [0.1, 0.15) is 12.0 Å². The Morgan fingerprint density at radius 2 is 1.40 bits per heavy atom. The highest BCUT2D eigenvalue weighted by molar-refractivity contribution is 5.63. The fraction of sp³-hybridized carbons (Fsp3) is 0.250. The Kier molecular flexibility index (Phi) is 4.79. The van der Waals surface area contributed by atoms with E-state index in [4.69, 9.17) is 0 Å². The third-order valence-electron chi connectivity index (χ3n) is 2.98. The zero-order valence-electron chi connectivity index (χ0n) is 11.0. The van der Waals surface area contributed by atoms with Gasteiger partial charge in [0.1, 0.15) is 0 Å². The van der Waals surface area contributed by atoms with E-state index in [2.05, 4.69) is 5.32 Å². The number of hydrogen-bond donors (Lipinski definition) is 1. The molecule has 0 aliphatic rings. The van der Waals surface area contributed by atoms with E-state index in [0.29, 0.717) is 6.54 Å². The van der Waals surface area contributed by atoms with E-state index in [0.717, 1.165) is 16.7 Å². The molecule has 0 amide bonds. The van der Waals surface area contributed by atoms with E-state index in [1.165, 1.54) is 0 Å². The van der Waals surface area contributed by atoms with Crippen LogP contribution in [0.25, 0.3) is 11.1 Å². The summed E-state index contributed by atoms with van der Waals surface area (Å²) in [4.78, 5) is 0. The van der Waals surface area contributed by atoms with Gasteiger partial charge in [-0.15, -0.1) is 0 Å². The number of benzene rings is 2. The Morgan fingerprint density at radius 1 is 0.800 bits per heavy atom. The second kappa shape index (κ2) is 6.57. The molecular formula is C16H16F3N. The van der Waals surface area contributed by atoms with Crippen LogP contribution in [0, 0.1) is 0 Å². The minimum absolute atomic E-state index is 0.0517.